The molecule has 0 aliphatic heterocycles. The van der Waals surface area contributed by atoms with Crippen LogP contribution in [0.2, 0.25) is 0 Å². The number of carbonyl (C=O) groups is 1. The topological polar surface area (TPSA) is 56.0 Å². The van der Waals surface area contributed by atoms with Gasteiger partial charge < -0.3 is 10.5 Å². The van der Waals surface area contributed by atoms with Gasteiger partial charge in [0.05, 0.1) is 5.56 Å². The van der Waals surface area contributed by atoms with Gasteiger partial charge in [-0.1, -0.05) is 24.3 Å². The monoisotopic (exact) mass is 242 g/mol. The highest BCUT2D eigenvalue weighted by molar-refractivity contribution is 5.93. The maximum absolute atomic E-state index is 11.8. The summed E-state index contributed by atoms with van der Waals surface area (Å²) in [5.41, 5.74) is 2.71. The minimum absolute atomic E-state index is 0.182. The highest BCUT2D eigenvalue weighted by Gasteiger charge is 2.06. The van der Waals surface area contributed by atoms with Gasteiger partial charge in [0.2, 0.25) is 0 Å². The van der Waals surface area contributed by atoms with Crippen LogP contribution in [0.3, 0.4) is 0 Å². The van der Waals surface area contributed by atoms with Crippen molar-refractivity contribution >= 4 is 5.91 Å². The van der Waals surface area contributed by atoms with Crippen molar-refractivity contribution in [3.05, 3.63) is 70.7 Å². The molecule has 0 bridgehead atoms. The van der Waals surface area contributed by atoms with Crippen LogP contribution in [0.1, 0.15) is 21.5 Å². The Kier molecular flexibility index (Phi) is 3.57. The Hall–Kier alpha value is -2.36. The Bertz CT molecular complexity index is 550. The Morgan fingerprint density at radius 2 is 1.89 bits per heavy atom. The summed E-state index contributed by atoms with van der Waals surface area (Å²) >= 11 is 0. The fourth-order valence-electron chi connectivity index (χ4n) is 1.65. The molecular weight excluding hydrogens is 228 g/mol. The molecule has 0 aliphatic carbocycles. The molecule has 2 aromatic rings. The normalized spacial score (nSPS) is 10.1. The lowest BCUT2D eigenvalue weighted by molar-refractivity contribution is -0.605. The third-order valence-electron chi connectivity index (χ3n) is 2.76. The van der Waals surface area contributed by atoms with Gasteiger partial charge in [-0.25, -0.2) is 0 Å². The van der Waals surface area contributed by atoms with Crippen LogP contribution in [0, 0.1) is 12.1 Å². The first kappa shape index (κ1) is 12.1. The summed E-state index contributed by atoms with van der Waals surface area (Å²) in [4.78, 5) is 11.8. The number of hydrogen-bond donors (Lipinski definition) is 1. The predicted molar refractivity (Wildman–Crippen MR) is 67.8 cm³/mol. The van der Waals surface area contributed by atoms with Crippen molar-refractivity contribution in [2.45, 2.75) is 13.5 Å². The quantitative estimate of drug-likeness (QED) is 0.656. The fraction of sp³-hybridized carbons (Fsp3) is 0.143. The van der Waals surface area contributed by atoms with Crippen LogP contribution in [0.25, 0.3) is 0 Å². The van der Waals surface area contributed by atoms with E-state index in [0.29, 0.717) is 16.8 Å². The Balaban J connectivity index is 2.01. The van der Waals surface area contributed by atoms with Crippen molar-refractivity contribution < 1.29 is 9.52 Å². The molecule has 4 nitrogen and oxygen atoms in total. The number of nitrogens with one attached hydrogen (secondary N) is 1. The van der Waals surface area contributed by atoms with Gasteiger partial charge in [-0.2, -0.15) is 4.73 Å². The van der Waals surface area contributed by atoms with E-state index < -0.39 is 0 Å². The minimum atomic E-state index is -0.182. The number of rotatable bonds is 3. The fourth-order valence-corrected chi connectivity index (χ4v) is 1.65. The Morgan fingerprint density at radius 3 is 2.56 bits per heavy atom. The summed E-state index contributed by atoms with van der Waals surface area (Å²) in [7, 11) is 0. The molecular formula is C14H14N2O2. The highest BCUT2D eigenvalue weighted by Crippen LogP contribution is 2.06. The molecule has 0 saturated heterocycles. The number of benzene rings is 1. The lowest BCUT2D eigenvalue weighted by Crippen LogP contribution is -2.27. The highest BCUT2D eigenvalue weighted by atomic mass is 16.5. The van der Waals surface area contributed by atoms with Crippen molar-refractivity contribution in [1.29, 1.82) is 0 Å². The number of nitrogens with zero attached hydrogens (tertiary/aromatic N) is 1. The lowest BCUT2D eigenvalue weighted by atomic mass is 10.1. The summed E-state index contributed by atoms with van der Waals surface area (Å²) in [6.45, 7) is 2.49. The van der Waals surface area contributed by atoms with Crippen molar-refractivity contribution in [1.82, 2.24) is 5.32 Å². The number of carbonyl (C=O) groups excluding carboxylic acids is 1. The summed E-state index contributed by atoms with van der Waals surface area (Å²) in [5.74, 6) is -0.182. The Morgan fingerprint density at radius 1 is 1.22 bits per heavy atom. The van der Waals surface area contributed by atoms with E-state index in [0.717, 1.165) is 11.1 Å². The minimum Gasteiger partial charge on any atom is -0.619 e. The second-order valence-corrected chi connectivity index (χ2v) is 4.06. The van der Waals surface area contributed by atoms with E-state index in [4.69, 9.17) is 0 Å². The van der Waals surface area contributed by atoms with Gasteiger partial charge in [0.1, 0.15) is 0 Å². The molecule has 0 atom stereocenters. The van der Waals surface area contributed by atoms with E-state index in [-0.39, 0.29) is 5.91 Å². The Labute approximate surface area is 105 Å². The number of amides is 1. The SMILES string of the molecule is Cc1ccccc1CNC(=O)c1cc[n+]([O-])cc1. The van der Waals surface area contributed by atoms with Crippen molar-refractivity contribution in [3.8, 4) is 0 Å². The second kappa shape index (κ2) is 5.31. The molecule has 4 heteroatoms. The van der Waals surface area contributed by atoms with Crippen LogP contribution in [0.5, 0.6) is 0 Å². The van der Waals surface area contributed by atoms with E-state index in [1.54, 1.807) is 0 Å². The number of aryl methyl sites for hydroxylation is 1. The van der Waals surface area contributed by atoms with Gasteiger partial charge in [0.15, 0.2) is 12.4 Å². The number of pyridine rings is 1. The predicted octanol–water partition coefficient (Wildman–Crippen LogP) is 1.56. The second-order valence-electron chi connectivity index (χ2n) is 4.06. The largest absolute Gasteiger partial charge is 0.619 e. The van der Waals surface area contributed by atoms with Gasteiger partial charge in [0, 0.05) is 18.7 Å². The van der Waals surface area contributed by atoms with Crippen LogP contribution in [-0.4, -0.2) is 5.91 Å². The van der Waals surface area contributed by atoms with E-state index in [1.807, 2.05) is 31.2 Å². The summed E-state index contributed by atoms with van der Waals surface area (Å²) in [6.07, 6.45) is 2.62. The average Bonchev–Trinajstić information content (AvgIpc) is 2.38. The third-order valence-corrected chi connectivity index (χ3v) is 2.76. The smallest absolute Gasteiger partial charge is 0.252 e. The first-order valence-electron chi connectivity index (χ1n) is 5.68. The van der Waals surface area contributed by atoms with E-state index >= 15 is 0 Å². The zero-order valence-electron chi connectivity index (χ0n) is 10.1. The van der Waals surface area contributed by atoms with Gasteiger partial charge in [-0.3, -0.25) is 4.79 Å². The van der Waals surface area contributed by atoms with E-state index in [9.17, 15) is 10.0 Å². The molecule has 18 heavy (non-hydrogen) atoms. The van der Waals surface area contributed by atoms with E-state index in [2.05, 4.69) is 5.32 Å². The van der Waals surface area contributed by atoms with Crippen molar-refractivity contribution in [3.63, 3.8) is 0 Å². The molecule has 0 radical (unpaired) electrons. The lowest BCUT2D eigenvalue weighted by Gasteiger charge is -2.07. The number of aromatic nitrogens is 1. The molecule has 0 spiro atoms. The van der Waals surface area contributed by atoms with Crippen LogP contribution in [0.4, 0.5) is 0 Å². The van der Waals surface area contributed by atoms with Gasteiger partial charge >= 0.3 is 0 Å². The standard InChI is InChI=1S/C14H14N2O2/c1-11-4-2-3-5-13(11)10-15-14(17)12-6-8-16(18)9-7-12/h2-9H,10H2,1H3,(H,15,17). The van der Waals surface area contributed by atoms with Crippen LogP contribution >= 0.6 is 0 Å². The zero-order valence-corrected chi connectivity index (χ0v) is 10.1. The summed E-state index contributed by atoms with van der Waals surface area (Å²) < 4.78 is 0.651. The molecule has 1 aromatic carbocycles. The van der Waals surface area contributed by atoms with Crippen LogP contribution in [0.15, 0.2) is 48.8 Å². The first-order chi connectivity index (χ1) is 8.66. The zero-order chi connectivity index (χ0) is 13.0. The van der Waals surface area contributed by atoms with Crippen molar-refractivity contribution in [2.24, 2.45) is 0 Å². The molecule has 1 heterocycles. The van der Waals surface area contributed by atoms with Crippen molar-refractivity contribution in [2.75, 3.05) is 0 Å². The summed E-state index contributed by atoms with van der Waals surface area (Å²) in [6, 6.07) is 10.9. The van der Waals surface area contributed by atoms with Gasteiger partial charge in [-0.15, -0.1) is 0 Å². The molecule has 0 unspecified atom stereocenters. The molecule has 0 aliphatic rings. The molecule has 0 saturated carbocycles. The third kappa shape index (κ3) is 2.85. The van der Waals surface area contributed by atoms with Gasteiger partial charge in [-0.05, 0) is 18.1 Å². The molecule has 0 fully saturated rings. The van der Waals surface area contributed by atoms with E-state index in [1.165, 1.54) is 24.5 Å². The molecule has 1 amide bonds. The first-order valence-corrected chi connectivity index (χ1v) is 5.68. The summed E-state index contributed by atoms with van der Waals surface area (Å²) in [5, 5.41) is 13.7. The maximum atomic E-state index is 11.8. The van der Waals surface area contributed by atoms with Crippen LogP contribution in [-0.2, 0) is 6.54 Å². The van der Waals surface area contributed by atoms with Crippen LogP contribution < -0.4 is 10.0 Å². The molecule has 1 aromatic heterocycles. The van der Waals surface area contributed by atoms with Gasteiger partial charge in [0.25, 0.3) is 5.91 Å². The molecule has 2 rings (SSSR count). The number of hydrogen-bond acceptors (Lipinski definition) is 2. The average molecular weight is 242 g/mol. The molecule has 1 N–H and O–H groups in total. The maximum Gasteiger partial charge on any atom is 0.252 e. The molecule has 92 valence electrons.